The third-order valence-electron chi connectivity index (χ3n) is 2.53. The number of hydrogen-bond donors (Lipinski definition) is 3. The first-order valence-corrected chi connectivity index (χ1v) is 5.05. The van der Waals surface area contributed by atoms with Crippen molar-refractivity contribution < 1.29 is 5.11 Å². The molecule has 1 aromatic heterocycles. The van der Waals surface area contributed by atoms with E-state index in [4.69, 9.17) is 5.11 Å². The maximum Gasteiger partial charge on any atom is 0.0584 e. The van der Waals surface area contributed by atoms with Crippen LogP contribution in [0, 0.1) is 6.92 Å². The molecule has 1 heterocycles. The predicted molar refractivity (Wildman–Crippen MR) is 56.0 cm³/mol. The van der Waals surface area contributed by atoms with Crippen LogP contribution in [-0.2, 0) is 0 Å². The number of aromatic nitrogens is 2. The molecule has 0 aliphatic carbocycles. The van der Waals surface area contributed by atoms with Crippen LogP contribution in [0.25, 0.3) is 0 Å². The number of H-pyrrole nitrogens is 1. The summed E-state index contributed by atoms with van der Waals surface area (Å²) in [5.41, 5.74) is 2.25. The van der Waals surface area contributed by atoms with E-state index < -0.39 is 0 Å². The van der Waals surface area contributed by atoms with E-state index in [0.29, 0.717) is 0 Å². The Hall–Kier alpha value is -0.870. The van der Waals surface area contributed by atoms with E-state index in [2.05, 4.69) is 29.4 Å². The molecule has 0 radical (unpaired) electrons. The monoisotopic (exact) mass is 197 g/mol. The van der Waals surface area contributed by atoms with Crippen LogP contribution in [0.5, 0.6) is 0 Å². The molecule has 0 saturated carbocycles. The van der Waals surface area contributed by atoms with Crippen molar-refractivity contribution in [2.45, 2.75) is 39.3 Å². The normalized spacial score (nSPS) is 15.4. The summed E-state index contributed by atoms with van der Waals surface area (Å²) in [6.45, 7) is 6.32. The van der Waals surface area contributed by atoms with Crippen molar-refractivity contribution in [2.75, 3.05) is 6.61 Å². The zero-order valence-electron chi connectivity index (χ0n) is 9.04. The summed E-state index contributed by atoms with van der Waals surface area (Å²) >= 11 is 0. The number of aliphatic hydroxyl groups is 1. The Morgan fingerprint density at radius 2 is 2.36 bits per heavy atom. The zero-order chi connectivity index (χ0) is 10.6. The van der Waals surface area contributed by atoms with E-state index in [0.717, 1.165) is 17.7 Å². The van der Waals surface area contributed by atoms with Gasteiger partial charge >= 0.3 is 0 Å². The van der Waals surface area contributed by atoms with Gasteiger partial charge in [0.05, 0.1) is 12.8 Å². The van der Waals surface area contributed by atoms with Crippen LogP contribution in [0.3, 0.4) is 0 Å². The first-order chi connectivity index (χ1) is 6.69. The molecule has 14 heavy (non-hydrogen) atoms. The molecule has 2 atom stereocenters. The number of aryl methyl sites for hydroxylation is 1. The van der Waals surface area contributed by atoms with Crippen molar-refractivity contribution in [3.05, 3.63) is 17.5 Å². The smallest absolute Gasteiger partial charge is 0.0584 e. The molecule has 4 nitrogen and oxygen atoms in total. The van der Waals surface area contributed by atoms with Crippen LogP contribution in [0.15, 0.2) is 6.20 Å². The molecule has 0 spiro atoms. The Kier molecular flexibility index (Phi) is 4.10. The molecule has 0 aliphatic rings. The minimum absolute atomic E-state index is 0.166. The summed E-state index contributed by atoms with van der Waals surface area (Å²) < 4.78 is 0. The number of aliphatic hydroxyl groups excluding tert-OH is 1. The van der Waals surface area contributed by atoms with Crippen LogP contribution in [0.4, 0.5) is 0 Å². The molecule has 0 aliphatic heterocycles. The van der Waals surface area contributed by atoms with Crippen molar-refractivity contribution in [1.82, 2.24) is 15.5 Å². The zero-order valence-corrected chi connectivity index (χ0v) is 9.04. The number of aromatic amines is 1. The molecule has 4 heteroatoms. The van der Waals surface area contributed by atoms with Gasteiger partial charge in [-0.25, -0.2) is 0 Å². The lowest BCUT2D eigenvalue weighted by Crippen LogP contribution is -2.34. The van der Waals surface area contributed by atoms with E-state index in [9.17, 15) is 0 Å². The summed E-state index contributed by atoms with van der Waals surface area (Å²) in [7, 11) is 0. The van der Waals surface area contributed by atoms with Gasteiger partial charge in [0.1, 0.15) is 0 Å². The highest BCUT2D eigenvalue weighted by Crippen LogP contribution is 2.15. The molecule has 0 aromatic carbocycles. The lowest BCUT2D eigenvalue weighted by molar-refractivity contribution is 0.230. The second-order valence-corrected chi connectivity index (χ2v) is 3.63. The van der Waals surface area contributed by atoms with Crippen molar-refractivity contribution >= 4 is 0 Å². The molecular formula is C10H19N3O. The Morgan fingerprint density at radius 3 is 2.79 bits per heavy atom. The number of nitrogens with one attached hydrogen (secondary N) is 2. The first-order valence-electron chi connectivity index (χ1n) is 5.05. The van der Waals surface area contributed by atoms with Crippen LogP contribution in [0.1, 0.15) is 37.6 Å². The molecule has 3 N–H and O–H groups in total. The highest BCUT2D eigenvalue weighted by atomic mass is 16.3. The summed E-state index contributed by atoms with van der Waals surface area (Å²) in [6, 6.07) is 0.394. The van der Waals surface area contributed by atoms with E-state index in [1.807, 2.05) is 13.1 Å². The largest absolute Gasteiger partial charge is 0.395 e. The number of hydrogen-bond acceptors (Lipinski definition) is 3. The van der Waals surface area contributed by atoms with Crippen molar-refractivity contribution in [3.63, 3.8) is 0 Å². The highest BCUT2D eigenvalue weighted by molar-refractivity contribution is 5.18. The van der Waals surface area contributed by atoms with Crippen molar-refractivity contribution in [2.24, 2.45) is 0 Å². The van der Waals surface area contributed by atoms with Crippen LogP contribution >= 0.6 is 0 Å². The van der Waals surface area contributed by atoms with Gasteiger partial charge in [0, 0.05) is 23.3 Å². The predicted octanol–water partition coefficient (Wildman–Crippen LogP) is 1.14. The van der Waals surface area contributed by atoms with E-state index in [-0.39, 0.29) is 18.7 Å². The fourth-order valence-electron chi connectivity index (χ4n) is 1.54. The number of rotatable bonds is 5. The average Bonchev–Trinajstić information content (AvgIpc) is 2.60. The molecule has 0 amide bonds. The Bertz CT molecular complexity index is 268. The van der Waals surface area contributed by atoms with Crippen molar-refractivity contribution in [3.8, 4) is 0 Å². The Balaban J connectivity index is 2.58. The van der Waals surface area contributed by atoms with E-state index in [1.54, 1.807) is 0 Å². The third kappa shape index (κ3) is 2.56. The Labute approximate surface area is 84.7 Å². The lowest BCUT2D eigenvalue weighted by atomic mass is 10.1. The van der Waals surface area contributed by atoms with Gasteiger partial charge in [0.15, 0.2) is 0 Å². The lowest BCUT2D eigenvalue weighted by Gasteiger charge is -2.20. The van der Waals surface area contributed by atoms with E-state index in [1.165, 1.54) is 0 Å². The SMILES string of the molecule is CCC(CO)NC(C)c1cn[nH]c1C. The van der Waals surface area contributed by atoms with Gasteiger partial charge in [0.2, 0.25) is 0 Å². The minimum Gasteiger partial charge on any atom is -0.395 e. The molecule has 0 saturated heterocycles. The van der Waals surface area contributed by atoms with Gasteiger partial charge in [-0.05, 0) is 20.3 Å². The quantitative estimate of drug-likeness (QED) is 0.663. The second-order valence-electron chi connectivity index (χ2n) is 3.63. The van der Waals surface area contributed by atoms with Gasteiger partial charge in [-0.15, -0.1) is 0 Å². The molecule has 1 aromatic rings. The van der Waals surface area contributed by atoms with E-state index >= 15 is 0 Å². The van der Waals surface area contributed by atoms with Crippen LogP contribution in [0.2, 0.25) is 0 Å². The third-order valence-corrected chi connectivity index (χ3v) is 2.53. The first kappa shape index (κ1) is 11.2. The standard InChI is InChI=1S/C10H19N3O/c1-4-9(6-14)12-7(2)10-5-11-13-8(10)3/h5,7,9,12,14H,4,6H2,1-3H3,(H,11,13). The Morgan fingerprint density at radius 1 is 1.64 bits per heavy atom. The highest BCUT2D eigenvalue weighted by Gasteiger charge is 2.13. The van der Waals surface area contributed by atoms with Gasteiger partial charge in [-0.2, -0.15) is 5.10 Å². The molecular weight excluding hydrogens is 178 g/mol. The summed E-state index contributed by atoms with van der Waals surface area (Å²) in [6.07, 6.45) is 2.76. The maximum absolute atomic E-state index is 9.06. The fourth-order valence-corrected chi connectivity index (χ4v) is 1.54. The fraction of sp³-hybridized carbons (Fsp3) is 0.700. The summed E-state index contributed by atoms with van der Waals surface area (Å²) in [5.74, 6) is 0. The minimum atomic E-state index is 0.166. The molecule has 0 bridgehead atoms. The average molecular weight is 197 g/mol. The maximum atomic E-state index is 9.06. The van der Waals surface area contributed by atoms with Crippen molar-refractivity contribution in [1.29, 1.82) is 0 Å². The van der Waals surface area contributed by atoms with Gasteiger partial charge in [-0.1, -0.05) is 6.92 Å². The van der Waals surface area contributed by atoms with Gasteiger partial charge < -0.3 is 10.4 Å². The molecule has 80 valence electrons. The second kappa shape index (κ2) is 5.12. The topological polar surface area (TPSA) is 60.9 Å². The molecule has 0 fully saturated rings. The van der Waals surface area contributed by atoms with Crippen LogP contribution in [-0.4, -0.2) is 28.0 Å². The number of nitrogens with zero attached hydrogens (tertiary/aromatic N) is 1. The van der Waals surface area contributed by atoms with Gasteiger partial charge in [-0.3, -0.25) is 5.10 Å². The summed E-state index contributed by atoms with van der Waals surface area (Å²) in [4.78, 5) is 0. The molecule has 2 unspecified atom stereocenters. The van der Waals surface area contributed by atoms with Crippen LogP contribution < -0.4 is 5.32 Å². The van der Waals surface area contributed by atoms with Gasteiger partial charge in [0.25, 0.3) is 0 Å². The summed E-state index contributed by atoms with van der Waals surface area (Å²) in [5, 5.41) is 19.3. The molecule has 1 rings (SSSR count).